The third-order valence-corrected chi connectivity index (χ3v) is 5.18. The molecule has 3 aromatic heterocycles. The number of aromatic nitrogens is 5. The van der Waals surface area contributed by atoms with Gasteiger partial charge in [0.2, 0.25) is 0 Å². The van der Waals surface area contributed by atoms with Crippen LogP contribution in [0.1, 0.15) is 52.2 Å². The molecule has 0 radical (unpaired) electrons. The standard InChI is InChI=1S/C21H24N6O/c1-15-13-19(25-16(2)24-15)21(28)26-10-5-18(6-11-26)20-23-9-12-27(20)14-17-3-7-22-8-4-17/h3-4,7-9,12-13,18H,5-6,10-11,14H2,1-2H3. The average Bonchev–Trinajstić information content (AvgIpc) is 3.15. The van der Waals surface area contributed by atoms with E-state index in [9.17, 15) is 4.79 Å². The lowest BCUT2D eigenvalue weighted by molar-refractivity contribution is 0.0704. The number of carbonyl (C=O) groups excluding carboxylic acids is 1. The lowest BCUT2D eigenvalue weighted by atomic mass is 9.95. The van der Waals surface area contributed by atoms with Gasteiger partial charge in [0.05, 0.1) is 0 Å². The molecule has 7 heteroatoms. The van der Waals surface area contributed by atoms with E-state index in [1.54, 1.807) is 6.07 Å². The fourth-order valence-electron chi connectivity index (χ4n) is 3.83. The molecule has 4 heterocycles. The number of pyridine rings is 1. The Morgan fingerprint density at radius 2 is 1.86 bits per heavy atom. The summed E-state index contributed by atoms with van der Waals surface area (Å²) in [6.07, 6.45) is 9.32. The van der Waals surface area contributed by atoms with Crippen molar-refractivity contribution < 1.29 is 4.79 Å². The van der Waals surface area contributed by atoms with Crippen LogP contribution < -0.4 is 0 Å². The molecule has 7 nitrogen and oxygen atoms in total. The van der Waals surface area contributed by atoms with Crippen molar-refractivity contribution in [1.82, 2.24) is 29.4 Å². The highest BCUT2D eigenvalue weighted by molar-refractivity contribution is 5.92. The number of imidazole rings is 1. The second-order valence-corrected chi connectivity index (χ2v) is 7.28. The maximum absolute atomic E-state index is 12.8. The van der Waals surface area contributed by atoms with Crippen LogP contribution in [-0.4, -0.2) is 48.4 Å². The monoisotopic (exact) mass is 376 g/mol. The number of rotatable bonds is 4. The molecule has 1 saturated heterocycles. The van der Waals surface area contributed by atoms with Crippen molar-refractivity contribution in [2.75, 3.05) is 13.1 Å². The van der Waals surface area contributed by atoms with Gasteiger partial charge >= 0.3 is 0 Å². The lowest BCUT2D eigenvalue weighted by Crippen LogP contribution is -2.39. The average molecular weight is 376 g/mol. The molecule has 0 atom stereocenters. The maximum atomic E-state index is 12.8. The molecule has 0 bridgehead atoms. The Labute approximate surface area is 164 Å². The minimum Gasteiger partial charge on any atom is -0.337 e. The third-order valence-electron chi connectivity index (χ3n) is 5.18. The minimum absolute atomic E-state index is 0.00724. The number of piperidine rings is 1. The van der Waals surface area contributed by atoms with E-state index in [0.29, 0.717) is 30.5 Å². The molecule has 1 aliphatic rings. The molecule has 0 unspecified atom stereocenters. The molecule has 28 heavy (non-hydrogen) atoms. The van der Waals surface area contributed by atoms with E-state index in [1.807, 2.05) is 55.7 Å². The maximum Gasteiger partial charge on any atom is 0.272 e. The molecule has 0 aromatic carbocycles. The summed E-state index contributed by atoms with van der Waals surface area (Å²) in [5.74, 6) is 2.08. The fraction of sp³-hybridized carbons (Fsp3) is 0.381. The van der Waals surface area contributed by atoms with Crippen LogP contribution in [0.4, 0.5) is 0 Å². The number of nitrogens with zero attached hydrogens (tertiary/aromatic N) is 6. The van der Waals surface area contributed by atoms with Crippen molar-refractivity contribution >= 4 is 5.91 Å². The Hall–Kier alpha value is -3.09. The molecule has 0 N–H and O–H groups in total. The van der Waals surface area contributed by atoms with Crippen LogP contribution in [-0.2, 0) is 6.54 Å². The van der Waals surface area contributed by atoms with Gasteiger partial charge in [-0.05, 0) is 50.5 Å². The molecule has 1 aliphatic heterocycles. The molecule has 1 amide bonds. The highest BCUT2D eigenvalue weighted by atomic mass is 16.2. The lowest BCUT2D eigenvalue weighted by Gasteiger charge is -2.31. The van der Waals surface area contributed by atoms with Crippen molar-refractivity contribution in [2.45, 2.75) is 39.2 Å². The number of carbonyl (C=O) groups is 1. The van der Waals surface area contributed by atoms with E-state index in [4.69, 9.17) is 0 Å². The fourth-order valence-corrected chi connectivity index (χ4v) is 3.83. The van der Waals surface area contributed by atoms with E-state index in [0.717, 1.165) is 30.9 Å². The molecule has 144 valence electrons. The number of hydrogen-bond acceptors (Lipinski definition) is 5. The Kier molecular flexibility index (Phi) is 5.14. The number of aryl methyl sites for hydroxylation is 2. The first-order chi connectivity index (χ1) is 13.6. The predicted octanol–water partition coefficient (Wildman–Crippen LogP) is 2.75. The summed E-state index contributed by atoms with van der Waals surface area (Å²) in [6, 6.07) is 5.82. The zero-order valence-electron chi connectivity index (χ0n) is 16.2. The second kappa shape index (κ2) is 7.88. The summed E-state index contributed by atoms with van der Waals surface area (Å²) >= 11 is 0. The topological polar surface area (TPSA) is 76.8 Å². The summed E-state index contributed by atoms with van der Waals surface area (Å²) < 4.78 is 2.20. The zero-order valence-corrected chi connectivity index (χ0v) is 16.2. The van der Waals surface area contributed by atoms with E-state index in [2.05, 4.69) is 24.5 Å². The second-order valence-electron chi connectivity index (χ2n) is 7.28. The normalized spacial score (nSPS) is 15.0. The van der Waals surface area contributed by atoms with Gasteiger partial charge in [0.15, 0.2) is 0 Å². The van der Waals surface area contributed by atoms with Crippen molar-refractivity contribution in [2.24, 2.45) is 0 Å². The molecule has 4 rings (SSSR count). The van der Waals surface area contributed by atoms with Gasteiger partial charge in [-0.3, -0.25) is 9.78 Å². The van der Waals surface area contributed by atoms with Crippen LogP contribution in [0.15, 0.2) is 43.0 Å². The predicted molar refractivity (Wildman–Crippen MR) is 105 cm³/mol. The summed E-state index contributed by atoms with van der Waals surface area (Å²) in [4.78, 5) is 32.0. The van der Waals surface area contributed by atoms with Crippen LogP contribution in [0, 0.1) is 13.8 Å². The molecular weight excluding hydrogens is 352 g/mol. The highest BCUT2D eigenvalue weighted by Gasteiger charge is 2.27. The summed E-state index contributed by atoms with van der Waals surface area (Å²) in [5, 5.41) is 0. The van der Waals surface area contributed by atoms with Crippen molar-refractivity contribution in [3.8, 4) is 0 Å². The van der Waals surface area contributed by atoms with E-state index >= 15 is 0 Å². The first-order valence-electron chi connectivity index (χ1n) is 9.61. The summed E-state index contributed by atoms with van der Waals surface area (Å²) in [6.45, 7) is 5.93. The van der Waals surface area contributed by atoms with Crippen LogP contribution in [0.5, 0.6) is 0 Å². The smallest absolute Gasteiger partial charge is 0.272 e. The van der Waals surface area contributed by atoms with E-state index < -0.39 is 0 Å². The molecule has 3 aromatic rings. The largest absolute Gasteiger partial charge is 0.337 e. The Bertz CT molecular complexity index is 940. The van der Waals surface area contributed by atoms with Gasteiger partial charge in [0.25, 0.3) is 5.91 Å². The van der Waals surface area contributed by atoms with Gasteiger partial charge in [0.1, 0.15) is 17.3 Å². The van der Waals surface area contributed by atoms with Crippen molar-refractivity contribution in [3.63, 3.8) is 0 Å². The third kappa shape index (κ3) is 3.93. The SMILES string of the molecule is Cc1cc(C(=O)N2CCC(c3nccn3Cc3ccncc3)CC2)nc(C)n1. The molecule has 0 spiro atoms. The first-order valence-corrected chi connectivity index (χ1v) is 9.61. The van der Waals surface area contributed by atoms with Gasteiger partial charge in [-0.2, -0.15) is 0 Å². The van der Waals surface area contributed by atoms with Crippen LogP contribution in [0.3, 0.4) is 0 Å². The summed E-state index contributed by atoms with van der Waals surface area (Å²) in [5.41, 5.74) is 2.52. The zero-order chi connectivity index (χ0) is 19.5. The van der Waals surface area contributed by atoms with Gasteiger partial charge < -0.3 is 9.47 Å². The first kappa shape index (κ1) is 18.3. The Morgan fingerprint density at radius 3 is 2.57 bits per heavy atom. The molecule has 1 fully saturated rings. The van der Waals surface area contributed by atoms with E-state index in [-0.39, 0.29) is 5.91 Å². The number of likely N-dealkylation sites (tertiary alicyclic amines) is 1. The molecule has 0 aliphatic carbocycles. The van der Waals surface area contributed by atoms with Crippen LogP contribution in [0.25, 0.3) is 0 Å². The molecule has 0 saturated carbocycles. The van der Waals surface area contributed by atoms with E-state index in [1.165, 1.54) is 5.56 Å². The van der Waals surface area contributed by atoms with Gasteiger partial charge in [-0.15, -0.1) is 0 Å². The molecular formula is C21H24N6O. The van der Waals surface area contributed by atoms with Gasteiger partial charge in [-0.25, -0.2) is 15.0 Å². The number of amides is 1. The number of hydrogen-bond donors (Lipinski definition) is 0. The van der Waals surface area contributed by atoms with Gasteiger partial charge in [-0.1, -0.05) is 0 Å². The minimum atomic E-state index is -0.00724. The summed E-state index contributed by atoms with van der Waals surface area (Å²) in [7, 11) is 0. The Balaban J connectivity index is 1.42. The van der Waals surface area contributed by atoms with Crippen molar-refractivity contribution in [3.05, 3.63) is 71.6 Å². The Morgan fingerprint density at radius 1 is 1.11 bits per heavy atom. The quantitative estimate of drug-likeness (QED) is 0.700. The van der Waals surface area contributed by atoms with Crippen molar-refractivity contribution in [1.29, 1.82) is 0 Å². The van der Waals surface area contributed by atoms with Crippen LogP contribution in [0.2, 0.25) is 0 Å². The van der Waals surface area contributed by atoms with Gasteiger partial charge in [0, 0.05) is 56.0 Å². The van der Waals surface area contributed by atoms with Crippen LogP contribution >= 0.6 is 0 Å². The highest BCUT2D eigenvalue weighted by Crippen LogP contribution is 2.28.